The van der Waals surface area contributed by atoms with Crippen molar-refractivity contribution in [1.82, 2.24) is 25.1 Å². The quantitative estimate of drug-likeness (QED) is 0.776. The van der Waals surface area contributed by atoms with Crippen molar-refractivity contribution in [2.75, 3.05) is 13.1 Å². The van der Waals surface area contributed by atoms with Crippen molar-refractivity contribution in [2.24, 2.45) is 11.8 Å². The number of likely N-dealkylation sites (tertiary alicyclic amines) is 1. The van der Waals surface area contributed by atoms with Gasteiger partial charge in [0.05, 0.1) is 6.54 Å². The smallest absolute Gasteiger partial charge is 0.243 e. The summed E-state index contributed by atoms with van der Waals surface area (Å²) in [6, 6.07) is 7.65. The number of carbonyl (C=O) groups excluding carboxylic acids is 2. The molecular weight excluding hydrogens is 409 g/mol. The molecule has 3 aliphatic heterocycles. The van der Waals surface area contributed by atoms with Gasteiger partial charge < -0.3 is 10.2 Å². The highest BCUT2D eigenvalue weighted by molar-refractivity contribution is 5.89. The van der Waals surface area contributed by atoms with Crippen LogP contribution in [0.25, 0.3) is 0 Å². The fourth-order valence-corrected chi connectivity index (χ4v) is 5.77. The molecular formula is C24H28FN5O2. The second-order valence-electron chi connectivity index (χ2n) is 9.17. The molecule has 4 heterocycles. The predicted octanol–water partition coefficient (Wildman–Crippen LogP) is 2.13. The summed E-state index contributed by atoms with van der Waals surface area (Å²) in [6.07, 6.45) is 6.76. The van der Waals surface area contributed by atoms with E-state index < -0.39 is 6.04 Å². The molecule has 3 saturated heterocycles. The first-order valence-corrected chi connectivity index (χ1v) is 11.4. The number of halogens is 1. The van der Waals surface area contributed by atoms with E-state index in [2.05, 4.69) is 20.2 Å². The van der Waals surface area contributed by atoms with Crippen molar-refractivity contribution >= 4 is 11.8 Å². The zero-order chi connectivity index (χ0) is 22.1. The van der Waals surface area contributed by atoms with Gasteiger partial charge in [-0.15, -0.1) is 0 Å². The topological polar surface area (TPSA) is 78.4 Å². The van der Waals surface area contributed by atoms with Crippen molar-refractivity contribution in [1.29, 1.82) is 0 Å². The molecule has 2 bridgehead atoms. The van der Waals surface area contributed by atoms with Crippen LogP contribution in [0.1, 0.15) is 37.1 Å². The first-order valence-electron chi connectivity index (χ1n) is 11.4. The molecule has 1 aromatic carbocycles. The monoisotopic (exact) mass is 437 g/mol. The Balaban J connectivity index is 1.35. The highest BCUT2D eigenvalue weighted by Crippen LogP contribution is 2.41. The Morgan fingerprint density at radius 1 is 1.16 bits per heavy atom. The van der Waals surface area contributed by atoms with Gasteiger partial charge in [-0.05, 0) is 48.9 Å². The number of hydrogen-bond acceptors (Lipinski definition) is 5. The first-order chi connectivity index (χ1) is 15.6. The zero-order valence-corrected chi connectivity index (χ0v) is 18.0. The molecule has 3 fully saturated rings. The second kappa shape index (κ2) is 8.94. The molecule has 3 aliphatic rings. The van der Waals surface area contributed by atoms with E-state index in [-0.39, 0.29) is 36.1 Å². The number of nitrogens with zero attached hydrogens (tertiary/aromatic N) is 4. The predicted molar refractivity (Wildman–Crippen MR) is 115 cm³/mol. The van der Waals surface area contributed by atoms with Crippen LogP contribution in [-0.4, -0.2) is 56.8 Å². The Kier molecular flexibility index (Phi) is 5.87. The van der Waals surface area contributed by atoms with Crippen molar-refractivity contribution < 1.29 is 14.0 Å². The number of nitrogens with one attached hydrogen (secondary N) is 1. The number of carbonyl (C=O) groups is 2. The highest BCUT2D eigenvalue weighted by Gasteiger charge is 2.51. The summed E-state index contributed by atoms with van der Waals surface area (Å²) in [5, 5.41) is 2.97. The van der Waals surface area contributed by atoms with Crippen molar-refractivity contribution in [3.05, 3.63) is 59.9 Å². The zero-order valence-electron chi connectivity index (χ0n) is 18.0. The van der Waals surface area contributed by atoms with E-state index in [1.54, 1.807) is 30.6 Å². The van der Waals surface area contributed by atoms with Gasteiger partial charge in [-0.1, -0.05) is 12.1 Å². The summed E-state index contributed by atoms with van der Waals surface area (Å²) < 4.78 is 13.5. The molecule has 2 amide bonds. The summed E-state index contributed by atoms with van der Waals surface area (Å²) in [5.74, 6) is 0.806. The second-order valence-corrected chi connectivity index (χ2v) is 9.17. The SMILES string of the molecule is O=C(NCc1cccc(F)c1)[C@H]1[C@H]2C[C@H](CN(Cc3ncccn3)C2)[C@@H]2CCCC(=O)N21. The summed E-state index contributed by atoms with van der Waals surface area (Å²) in [4.78, 5) is 39.2. The van der Waals surface area contributed by atoms with Crippen molar-refractivity contribution in [3.8, 4) is 0 Å². The fraction of sp³-hybridized carbons (Fsp3) is 0.500. The number of piperidine rings is 3. The molecule has 0 saturated carbocycles. The minimum absolute atomic E-state index is 0.0586. The van der Waals surface area contributed by atoms with Gasteiger partial charge in [-0.3, -0.25) is 14.5 Å². The van der Waals surface area contributed by atoms with Gasteiger partial charge in [0.25, 0.3) is 0 Å². The summed E-state index contributed by atoms with van der Waals surface area (Å²) in [6.45, 7) is 2.51. The van der Waals surface area contributed by atoms with Gasteiger partial charge in [0.1, 0.15) is 17.7 Å². The van der Waals surface area contributed by atoms with Crippen LogP contribution in [0.5, 0.6) is 0 Å². The number of benzene rings is 1. The van der Waals surface area contributed by atoms with Gasteiger partial charge in [-0.25, -0.2) is 14.4 Å². The molecule has 1 N–H and O–H groups in total. The molecule has 0 radical (unpaired) electrons. The maximum Gasteiger partial charge on any atom is 0.243 e. The van der Waals surface area contributed by atoms with E-state index in [4.69, 9.17) is 0 Å². The third kappa shape index (κ3) is 4.24. The molecule has 0 aliphatic carbocycles. The molecule has 1 aromatic heterocycles. The number of aromatic nitrogens is 2. The van der Waals surface area contributed by atoms with Crippen LogP contribution in [0.3, 0.4) is 0 Å². The largest absolute Gasteiger partial charge is 0.350 e. The first kappa shape index (κ1) is 21.0. The van der Waals surface area contributed by atoms with E-state index in [1.807, 2.05) is 4.90 Å². The lowest BCUT2D eigenvalue weighted by atomic mass is 9.71. The molecule has 5 rings (SSSR count). The Morgan fingerprint density at radius 2 is 1.97 bits per heavy atom. The Bertz CT molecular complexity index is 987. The van der Waals surface area contributed by atoms with Gasteiger partial charge in [0, 0.05) is 50.4 Å². The van der Waals surface area contributed by atoms with E-state index in [1.165, 1.54) is 12.1 Å². The van der Waals surface area contributed by atoms with Crippen LogP contribution < -0.4 is 5.32 Å². The third-order valence-corrected chi connectivity index (χ3v) is 7.03. The standard InChI is InChI=1S/C24H28FN5O2/c25-19-5-1-4-16(10-19)12-28-24(32)23-18-11-17(20-6-2-7-22(31)30(20)23)13-29(14-18)15-21-26-8-3-9-27-21/h1,3-5,8-10,17-18,20,23H,2,6-7,11-15H2,(H,28,32)/t17-,18+,20+,23-/m1/s1. The maximum atomic E-state index is 13.5. The van der Waals surface area contributed by atoms with Crippen LogP contribution in [0.2, 0.25) is 0 Å². The lowest BCUT2D eigenvalue weighted by Gasteiger charge is -2.55. The molecule has 0 spiro atoms. The number of fused-ring (bicyclic) bond motifs is 4. The average Bonchev–Trinajstić information content (AvgIpc) is 2.79. The van der Waals surface area contributed by atoms with Crippen molar-refractivity contribution in [2.45, 2.75) is 50.9 Å². The van der Waals surface area contributed by atoms with E-state index in [0.29, 0.717) is 24.4 Å². The molecule has 168 valence electrons. The van der Waals surface area contributed by atoms with Gasteiger partial charge in [0.15, 0.2) is 0 Å². The summed E-state index contributed by atoms with van der Waals surface area (Å²) in [7, 11) is 0. The van der Waals surface area contributed by atoms with Crippen LogP contribution in [0.4, 0.5) is 4.39 Å². The summed E-state index contributed by atoms with van der Waals surface area (Å²) in [5.41, 5.74) is 0.708. The number of hydrogen-bond donors (Lipinski definition) is 1. The van der Waals surface area contributed by atoms with Gasteiger partial charge in [0.2, 0.25) is 11.8 Å². The average molecular weight is 438 g/mol. The maximum absolute atomic E-state index is 13.5. The lowest BCUT2D eigenvalue weighted by molar-refractivity contribution is -0.160. The summed E-state index contributed by atoms with van der Waals surface area (Å²) >= 11 is 0. The van der Waals surface area contributed by atoms with Crippen LogP contribution in [-0.2, 0) is 22.7 Å². The fourth-order valence-electron chi connectivity index (χ4n) is 5.77. The third-order valence-electron chi connectivity index (χ3n) is 7.03. The minimum Gasteiger partial charge on any atom is -0.350 e. The van der Waals surface area contributed by atoms with E-state index in [9.17, 15) is 14.0 Å². The number of rotatable bonds is 5. The van der Waals surface area contributed by atoms with E-state index in [0.717, 1.165) is 38.2 Å². The Hall–Kier alpha value is -2.87. The highest BCUT2D eigenvalue weighted by atomic mass is 19.1. The Morgan fingerprint density at radius 3 is 2.78 bits per heavy atom. The number of amides is 2. The van der Waals surface area contributed by atoms with Crippen LogP contribution in [0.15, 0.2) is 42.7 Å². The minimum atomic E-state index is -0.489. The molecule has 7 nitrogen and oxygen atoms in total. The van der Waals surface area contributed by atoms with Gasteiger partial charge in [-0.2, -0.15) is 0 Å². The molecule has 8 heteroatoms. The molecule has 32 heavy (non-hydrogen) atoms. The normalized spacial score (nSPS) is 27.7. The van der Waals surface area contributed by atoms with Gasteiger partial charge >= 0.3 is 0 Å². The van der Waals surface area contributed by atoms with E-state index >= 15 is 0 Å². The molecule has 2 aromatic rings. The molecule has 0 unspecified atom stereocenters. The van der Waals surface area contributed by atoms with Crippen LogP contribution in [0, 0.1) is 17.7 Å². The lowest BCUT2D eigenvalue weighted by Crippen LogP contribution is -2.68. The van der Waals surface area contributed by atoms with Crippen LogP contribution >= 0.6 is 0 Å². The molecule has 4 atom stereocenters. The van der Waals surface area contributed by atoms with Crippen molar-refractivity contribution in [3.63, 3.8) is 0 Å². The Labute approximate surface area is 187 Å².